The minimum atomic E-state index is 0.0109. The summed E-state index contributed by atoms with van der Waals surface area (Å²) in [5.41, 5.74) is 0.748. The molecule has 0 atom stereocenters. The number of carbonyl (C=O) groups is 2. The van der Waals surface area contributed by atoms with E-state index in [-0.39, 0.29) is 17.2 Å². The highest BCUT2D eigenvalue weighted by molar-refractivity contribution is 7.98. The van der Waals surface area contributed by atoms with Crippen LogP contribution < -0.4 is 0 Å². The molecular weight excluding hydrogens is 324 g/mol. The maximum absolute atomic E-state index is 12.6. The van der Waals surface area contributed by atoms with Crippen molar-refractivity contribution in [3.05, 3.63) is 18.0 Å². The first kappa shape index (κ1) is 17.2. The fourth-order valence-electron chi connectivity index (χ4n) is 3.70. The fourth-order valence-corrected chi connectivity index (χ4v) is 4.01. The van der Waals surface area contributed by atoms with Crippen LogP contribution in [0.15, 0.2) is 17.6 Å². The van der Waals surface area contributed by atoms with E-state index < -0.39 is 0 Å². The molecule has 130 valence electrons. The molecule has 0 aliphatic carbocycles. The molecule has 7 heteroatoms. The molecule has 2 aliphatic heterocycles. The highest BCUT2D eigenvalue weighted by Crippen LogP contribution is 2.40. The molecule has 0 saturated carbocycles. The molecule has 0 N–H and O–H groups in total. The van der Waals surface area contributed by atoms with Crippen LogP contribution in [0.2, 0.25) is 0 Å². The third kappa shape index (κ3) is 3.41. The zero-order valence-corrected chi connectivity index (χ0v) is 15.1. The first-order chi connectivity index (χ1) is 11.6. The molecule has 1 aromatic rings. The topological polar surface area (TPSA) is 66.4 Å². The Morgan fingerprint density at radius 3 is 2.50 bits per heavy atom. The summed E-state index contributed by atoms with van der Waals surface area (Å²) in [6.07, 6.45) is 8.67. The van der Waals surface area contributed by atoms with Gasteiger partial charge < -0.3 is 9.80 Å². The van der Waals surface area contributed by atoms with E-state index in [1.165, 1.54) is 11.8 Å². The Labute approximate surface area is 147 Å². The predicted molar refractivity (Wildman–Crippen MR) is 92.9 cm³/mol. The first-order valence-electron chi connectivity index (χ1n) is 8.50. The molecule has 0 radical (unpaired) electrons. The molecule has 2 amide bonds. The number of nitrogens with zero attached hydrogens (tertiary/aromatic N) is 4. The van der Waals surface area contributed by atoms with Gasteiger partial charge in [0.05, 0.1) is 5.56 Å². The van der Waals surface area contributed by atoms with E-state index >= 15 is 0 Å². The molecule has 2 aliphatic rings. The SMILES string of the molecule is CCN1CC2(CCC1=O)CCN(C(=O)c1cnc(SC)nc1)CC2. The van der Waals surface area contributed by atoms with Crippen LogP contribution in [0.3, 0.4) is 0 Å². The molecule has 2 fully saturated rings. The average molecular weight is 348 g/mol. The van der Waals surface area contributed by atoms with E-state index in [0.717, 1.165) is 45.4 Å². The lowest BCUT2D eigenvalue weighted by Crippen LogP contribution is -2.52. The highest BCUT2D eigenvalue weighted by Gasteiger charge is 2.41. The van der Waals surface area contributed by atoms with Crippen molar-refractivity contribution in [3.63, 3.8) is 0 Å². The van der Waals surface area contributed by atoms with Crippen molar-refractivity contribution < 1.29 is 9.59 Å². The Morgan fingerprint density at radius 1 is 1.25 bits per heavy atom. The third-order valence-corrected chi connectivity index (χ3v) is 5.87. The summed E-state index contributed by atoms with van der Waals surface area (Å²) in [4.78, 5) is 36.8. The van der Waals surface area contributed by atoms with E-state index in [1.807, 2.05) is 23.0 Å². The molecule has 24 heavy (non-hydrogen) atoms. The predicted octanol–water partition coefficient (Wildman–Crippen LogP) is 2.06. The molecule has 2 saturated heterocycles. The fraction of sp³-hybridized carbons (Fsp3) is 0.647. The molecule has 0 aromatic carbocycles. The van der Waals surface area contributed by atoms with Crippen molar-refractivity contribution in [1.29, 1.82) is 0 Å². The number of thioether (sulfide) groups is 1. The maximum atomic E-state index is 12.6. The standard InChI is InChI=1S/C17H24N4O2S/c1-3-20-12-17(5-4-14(20)22)6-8-21(9-7-17)15(23)13-10-18-16(24-2)19-11-13/h10-11H,3-9,12H2,1-2H3. The van der Waals surface area contributed by atoms with Gasteiger partial charge >= 0.3 is 0 Å². The van der Waals surface area contributed by atoms with Crippen molar-refractivity contribution in [2.75, 3.05) is 32.4 Å². The third-order valence-electron chi connectivity index (χ3n) is 5.30. The Balaban J connectivity index is 1.62. The Kier molecular flexibility index (Phi) is 5.08. The second-order valence-electron chi connectivity index (χ2n) is 6.66. The second kappa shape index (κ2) is 7.09. The first-order valence-corrected chi connectivity index (χ1v) is 9.72. The van der Waals surface area contributed by atoms with Gasteiger partial charge in [0.1, 0.15) is 0 Å². The van der Waals surface area contributed by atoms with Gasteiger partial charge in [-0.2, -0.15) is 0 Å². The summed E-state index contributed by atoms with van der Waals surface area (Å²) in [5, 5.41) is 0.677. The van der Waals surface area contributed by atoms with Gasteiger partial charge in [-0.3, -0.25) is 9.59 Å². The molecule has 0 bridgehead atoms. The quantitative estimate of drug-likeness (QED) is 0.618. The Hall–Kier alpha value is -1.63. The van der Waals surface area contributed by atoms with E-state index in [4.69, 9.17) is 0 Å². The Bertz CT molecular complexity index is 612. The van der Waals surface area contributed by atoms with Crippen LogP contribution in [0, 0.1) is 5.41 Å². The second-order valence-corrected chi connectivity index (χ2v) is 7.43. The summed E-state index contributed by atoms with van der Waals surface area (Å²) in [5.74, 6) is 0.282. The zero-order chi connectivity index (χ0) is 17.2. The summed E-state index contributed by atoms with van der Waals surface area (Å²) >= 11 is 1.46. The number of aromatic nitrogens is 2. The minimum absolute atomic E-state index is 0.0109. The lowest BCUT2D eigenvalue weighted by molar-refractivity contribution is -0.138. The van der Waals surface area contributed by atoms with Gasteiger partial charge in [-0.25, -0.2) is 9.97 Å². The molecule has 6 nitrogen and oxygen atoms in total. The van der Waals surface area contributed by atoms with Gasteiger partial charge in [-0.15, -0.1) is 0 Å². The number of piperidine rings is 2. The highest BCUT2D eigenvalue weighted by atomic mass is 32.2. The number of hydrogen-bond donors (Lipinski definition) is 0. The van der Waals surface area contributed by atoms with Crippen molar-refractivity contribution in [1.82, 2.24) is 19.8 Å². The van der Waals surface area contributed by atoms with Gasteiger partial charge in [-0.05, 0) is 37.9 Å². The lowest BCUT2D eigenvalue weighted by Gasteiger charge is -2.47. The van der Waals surface area contributed by atoms with Gasteiger partial charge in [0, 0.05) is 45.0 Å². The molecule has 1 aromatic heterocycles. The Morgan fingerprint density at radius 2 is 1.92 bits per heavy atom. The zero-order valence-electron chi connectivity index (χ0n) is 14.3. The average Bonchev–Trinajstić information content (AvgIpc) is 2.64. The lowest BCUT2D eigenvalue weighted by atomic mass is 9.72. The minimum Gasteiger partial charge on any atom is -0.342 e. The summed E-state index contributed by atoms with van der Waals surface area (Å²) < 4.78 is 0. The molecular formula is C17H24N4O2S. The van der Waals surface area contributed by atoms with Crippen LogP contribution in [-0.4, -0.2) is 64.0 Å². The van der Waals surface area contributed by atoms with Crippen LogP contribution in [0.5, 0.6) is 0 Å². The summed E-state index contributed by atoms with van der Waals surface area (Å²) in [7, 11) is 0. The number of hydrogen-bond acceptors (Lipinski definition) is 5. The van der Waals surface area contributed by atoms with Crippen molar-refractivity contribution in [2.45, 2.75) is 37.8 Å². The van der Waals surface area contributed by atoms with Crippen molar-refractivity contribution >= 4 is 23.6 Å². The van der Waals surface area contributed by atoms with Crippen LogP contribution in [-0.2, 0) is 4.79 Å². The summed E-state index contributed by atoms with van der Waals surface area (Å²) in [6.45, 7) is 5.15. The molecule has 3 heterocycles. The molecule has 3 rings (SSSR count). The molecule has 0 unspecified atom stereocenters. The van der Waals surface area contributed by atoms with E-state index in [0.29, 0.717) is 17.1 Å². The summed E-state index contributed by atoms with van der Waals surface area (Å²) in [6, 6.07) is 0. The maximum Gasteiger partial charge on any atom is 0.256 e. The van der Waals surface area contributed by atoms with Crippen LogP contribution in [0.25, 0.3) is 0 Å². The van der Waals surface area contributed by atoms with Gasteiger partial charge in [0.25, 0.3) is 5.91 Å². The van der Waals surface area contributed by atoms with E-state index in [1.54, 1.807) is 12.4 Å². The van der Waals surface area contributed by atoms with Gasteiger partial charge in [0.15, 0.2) is 5.16 Å². The number of likely N-dealkylation sites (tertiary alicyclic amines) is 2. The normalized spacial score (nSPS) is 20.5. The van der Waals surface area contributed by atoms with Gasteiger partial charge in [0.2, 0.25) is 5.91 Å². The number of amides is 2. The smallest absolute Gasteiger partial charge is 0.256 e. The van der Waals surface area contributed by atoms with Gasteiger partial charge in [-0.1, -0.05) is 11.8 Å². The van der Waals surface area contributed by atoms with E-state index in [9.17, 15) is 9.59 Å². The van der Waals surface area contributed by atoms with Crippen LogP contribution in [0.4, 0.5) is 0 Å². The monoisotopic (exact) mass is 348 g/mol. The van der Waals surface area contributed by atoms with Crippen LogP contribution >= 0.6 is 11.8 Å². The van der Waals surface area contributed by atoms with Crippen LogP contribution in [0.1, 0.15) is 43.0 Å². The van der Waals surface area contributed by atoms with Crippen molar-refractivity contribution in [3.8, 4) is 0 Å². The largest absolute Gasteiger partial charge is 0.342 e. The number of rotatable bonds is 3. The molecule has 1 spiro atoms. The number of carbonyl (C=O) groups excluding carboxylic acids is 2. The van der Waals surface area contributed by atoms with Crippen molar-refractivity contribution in [2.24, 2.45) is 5.41 Å². The van der Waals surface area contributed by atoms with E-state index in [2.05, 4.69) is 9.97 Å².